The molecule has 0 aromatic heterocycles. The van der Waals surface area contributed by atoms with Crippen LogP contribution in [0.15, 0.2) is 24.3 Å². The van der Waals surface area contributed by atoms with Gasteiger partial charge in [0.1, 0.15) is 0 Å². The molecule has 5 heteroatoms. The number of aliphatic hydroxyl groups is 1. The molecule has 98 valence electrons. The summed E-state index contributed by atoms with van der Waals surface area (Å²) in [4.78, 5) is 13.2. The summed E-state index contributed by atoms with van der Waals surface area (Å²) in [5.41, 5.74) is 7.43. The molecule has 1 fully saturated rings. The molecule has 0 bridgehead atoms. The van der Waals surface area contributed by atoms with E-state index in [1.165, 1.54) is 0 Å². The smallest absolute Gasteiger partial charge is 0.234 e. The molecule has 1 aliphatic rings. The van der Waals surface area contributed by atoms with Gasteiger partial charge in [0.05, 0.1) is 12.6 Å². The van der Waals surface area contributed by atoms with Crippen LogP contribution in [0.4, 0.5) is 0 Å². The van der Waals surface area contributed by atoms with Gasteiger partial charge in [-0.2, -0.15) is 0 Å². The number of rotatable bonds is 4. The van der Waals surface area contributed by atoms with Crippen LogP contribution in [0.25, 0.3) is 0 Å². The zero-order chi connectivity index (χ0) is 13.0. The standard InChI is InChI=1S/C13H19N3O2/c14-7-10-1-3-11(4-2-10)12(17)8-16-6-5-15-13(18)9-16/h1-4,12,17H,5-9,14H2,(H,15,18). The van der Waals surface area contributed by atoms with Crippen LogP contribution >= 0.6 is 0 Å². The minimum atomic E-state index is -0.567. The van der Waals surface area contributed by atoms with E-state index in [1.54, 1.807) is 0 Å². The van der Waals surface area contributed by atoms with Crippen molar-refractivity contribution in [2.45, 2.75) is 12.6 Å². The predicted molar refractivity (Wildman–Crippen MR) is 68.7 cm³/mol. The Kier molecular flexibility index (Phi) is 4.30. The van der Waals surface area contributed by atoms with E-state index in [2.05, 4.69) is 5.32 Å². The third-order valence-electron chi connectivity index (χ3n) is 3.15. The number of carbonyl (C=O) groups is 1. The molecule has 5 nitrogen and oxygen atoms in total. The van der Waals surface area contributed by atoms with E-state index >= 15 is 0 Å². The normalized spacial score (nSPS) is 18.4. The first-order chi connectivity index (χ1) is 8.69. The van der Waals surface area contributed by atoms with Crippen molar-refractivity contribution >= 4 is 5.91 Å². The second-order valence-corrected chi connectivity index (χ2v) is 4.55. The molecular weight excluding hydrogens is 230 g/mol. The van der Waals surface area contributed by atoms with Crippen LogP contribution in [0.5, 0.6) is 0 Å². The number of nitrogens with one attached hydrogen (secondary N) is 1. The molecular formula is C13H19N3O2. The molecule has 0 radical (unpaired) electrons. The Morgan fingerprint density at radius 3 is 2.72 bits per heavy atom. The van der Waals surface area contributed by atoms with Gasteiger partial charge >= 0.3 is 0 Å². The van der Waals surface area contributed by atoms with Gasteiger partial charge in [-0.05, 0) is 11.1 Å². The molecule has 4 N–H and O–H groups in total. The van der Waals surface area contributed by atoms with Gasteiger partial charge in [-0.3, -0.25) is 9.69 Å². The van der Waals surface area contributed by atoms with Gasteiger partial charge in [0.2, 0.25) is 5.91 Å². The number of nitrogens with two attached hydrogens (primary N) is 1. The van der Waals surface area contributed by atoms with E-state index in [1.807, 2.05) is 29.2 Å². The molecule has 1 unspecified atom stereocenters. The molecule has 18 heavy (non-hydrogen) atoms. The van der Waals surface area contributed by atoms with E-state index in [0.717, 1.165) is 17.7 Å². The zero-order valence-corrected chi connectivity index (χ0v) is 10.3. The van der Waals surface area contributed by atoms with Crippen molar-refractivity contribution in [2.75, 3.05) is 26.2 Å². The van der Waals surface area contributed by atoms with Crippen molar-refractivity contribution in [3.63, 3.8) is 0 Å². The minimum Gasteiger partial charge on any atom is -0.387 e. The van der Waals surface area contributed by atoms with Gasteiger partial charge in [0.25, 0.3) is 0 Å². The van der Waals surface area contributed by atoms with Crippen molar-refractivity contribution < 1.29 is 9.90 Å². The van der Waals surface area contributed by atoms with Crippen LogP contribution in [-0.4, -0.2) is 42.1 Å². The van der Waals surface area contributed by atoms with Crippen LogP contribution in [0.1, 0.15) is 17.2 Å². The lowest BCUT2D eigenvalue weighted by Gasteiger charge is -2.28. The molecule has 0 aliphatic carbocycles. The number of nitrogens with zero attached hydrogens (tertiary/aromatic N) is 1. The molecule has 1 saturated heterocycles. The number of carbonyl (C=O) groups excluding carboxylic acids is 1. The molecule has 2 rings (SSSR count). The van der Waals surface area contributed by atoms with Gasteiger partial charge in [-0.1, -0.05) is 24.3 Å². The molecule has 1 heterocycles. The van der Waals surface area contributed by atoms with E-state index in [0.29, 0.717) is 26.2 Å². The Bertz CT molecular complexity index is 405. The summed E-state index contributed by atoms with van der Waals surface area (Å²) in [6, 6.07) is 7.61. The summed E-state index contributed by atoms with van der Waals surface area (Å²) in [6.45, 7) is 2.78. The summed E-state index contributed by atoms with van der Waals surface area (Å²) < 4.78 is 0. The fraction of sp³-hybridized carbons (Fsp3) is 0.462. The summed E-state index contributed by atoms with van der Waals surface area (Å²) in [5.74, 6) is 0.0203. The number of benzene rings is 1. The first kappa shape index (κ1) is 13.0. The van der Waals surface area contributed by atoms with E-state index < -0.39 is 6.10 Å². The van der Waals surface area contributed by atoms with Gasteiger partial charge in [0.15, 0.2) is 0 Å². The van der Waals surface area contributed by atoms with E-state index in [4.69, 9.17) is 5.73 Å². The zero-order valence-electron chi connectivity index (χ0n) is 10.3. The van der Waals surface area contributed by atoms with Gasteiger partial charge in [-0.25, -0.2) is 0 Å². The number of hydrogen-bond donors (Lipinski definition) is 3. The molecule has 0 saturated carbocycles. The lowest BCUT2D eigenvalue weighted by Crippen LogP contribution is -2.48. The predicted octanol–water partition coefficient (Wildman–Crippen LogP) is -0.389. The third-order valence-corrected chi connectivity index (χ3v) is 3.15. The molecule has 1 aromatic rings. The van der Waals surface area contributed by atoms with Crippen molar-refractivity contribution in [1.82, 2.24) is 10.2 Å². The van der Waals surface area contributed by atoms with E-state index in [9.17, 15) is 9.90 Å². The molecule has 1 aromatic carbocycles. The fourth-order valence-electron chi connectivity index (χ4n) is 2.07. The van der Waals surface area contributed by atoms with Crippen molar-refractivity contribution in [3.8, 4) is 0 Å². The van der Waals surface area contributed by atoms with E-state index in [-0.39, 0.29) is 5.91 Å². The summed E-state index contributed by atoms with van der Waals surface area (Å²) in [7, 11) is 0. The van der Waals surface area contributed by atoms with Crippen molar-refractivity contribution in [2.24, 2.45) is 5.73 Å². The summed E-state index contributed by atoms with van der Waals surface area (Å²) in [6.07, 6.45) is -0.567. The Hall–Kier alpha value is -1.43. The maximum absolute atomic E-state index is 11.2. The van der Waals surface area contributed by atoms with Crippen LogP contribution < -0.4 is 11.1 Å². The quantitative estimate of drug-likeness (QED) is 0.679. The number of amides is 1. The fourth-order valence-corrected chi connectivity index (χ4v) is 2.07. The number of aliphatic hydroxyl groups excluding tert-OH is 1. The first-order valence-electron chi connectivity index (χ1n) is 6.15. The Morgan fingerprint density at radius 2 is 2.11 bits per heavy atom. The highest BCUT2D eigenvalue weighted by atomic mass is 16.3. The molecule has 1 atom stereocenters. The third kappa shape index (κ3) is 3.29. The van der Waals surface area contributed by atoms with Gasteiger partial charge in [-0.15, -0.1) is 0 Å². The van der Waals surface area contributed by atoms with Crippen LogP contribution in [0.2, 0.25) is 0 Å². The van der Waals surface area contributed by atoms with Crippen LogP contribution in [0, 0.1) is 0 Å². The van der Waals surface area contributed by atoms with Crippen molar-refractivity contribution in [3.05, 3.63) is 35.4 Å². The Labute approximate surface area is 107 Å². The lowest BCUT2D eigenvalue weighted by atomic mass is 10.1. The highest BCUT2D eigenvalue weighted by Crippen LogP contribution is 2.15. The largest absolute Gasteiger partial charge is 0.387 e. The van der Waals surface area contributed by atoms with Gasteiger partial charge < -0.3 is 16.2 Å². The second kappa shape index (κ2) is 5.95. The number of hydrogen-bond acceptors (Lipinski definition) is 4. The molecule has 1 aliphatic heterocycles. The molecule has 1 amide bonds. The Morgan fingerprint density at radius 1 is 1.39 bits per heavy atom. The molecule has 0 spiro atoms. The van der Waals surface area contributed by atoms with Crippen molar-refractivity contribution in [1.29, 1.82) is 0 Å². The van der Waals surface area contributed by atoms with Crippen LogP contribution in [0.3, 0.4) is 0 Å². The highest BCUT2D eigenvalue weighted by molar-refractivity contribution is 5.78. The topological polar surface area (TPSA) is 78.6 Å². The van der Waals surface area contributed by atoms with Crippen LogP contribution in [-0.2, 0) is 11.3 Å². The second-order valence-electron chi connectivity index (χ2n) is 4.55. The highest BCUT2D eigenvalue weighted by Gasteiger charge is 2.19. The summed E-state index contributed by atoms with van der Waals surface area (Å²) in [5, 5.41) is 12.9. The maximum Gasteiger partial charge on any atom is 0.234 e. The Balaban J connectivity index is 1.93. The maximum atomic E-state index is 11.2. The average molecular weight is 249 g/mol. The first-order valence-corrected chi connectivity index (χ1v) is 6.15. The monoisotopic (exact) mass is 249 g/mol. The number of β-amino-alcohol motifs (C(OH)–C–C–N with tert-alkyl or cyclic N) is 1. The average Bonchev–Trinajstić information content (AvgIpc) is 2.39. The minimum absolute atomic E-state index is 0.0203. The summed E-state index contributed by atoms with van der Waals surface area (Å²) >= 11 is 0. The number of piperazine rings is 1. The van der Waals surface area contributed by atoms with Gasteiger partial charge in [0, 0.05) is 26.2 Å². The lowest BCUT2D eigenvalue weighted by molar-refractivity contribution is -0.124. The SMILES string of the molecule is NCc1ccc(C(O)CN2CCNC(=O)C2)cc1.